The summed E-state index contributed by atoms with van der Waals surface area (Å²) in [5, 5.41) is 2.86. The number of carbonyl (C=O) groups excluding carboxylic acids is 2. The molecule has 9 nitrogen and oxygen atoms in total. The normalized spacial score (nSPS) is 13.9. The van der Waals surface area contributed by atoms with Crippen molar-refractivity contribution in [1.82, 2.24) is 10.2 Å². The lowest BCUT2D eigenvalue weighted by molar-refractivity contribution is -0.141. The smallest absolute Gasteiger partial charge is 0.242 e. The maximum atomic E-state index is 14.4. The number of nitrogens with zero attached hydrogens (tertiary/aromatic N) is 2. The van der Waals surface area contributed by atoms with Crippen LogP contribution in [0.25, 0.3) is 0 Å². The number of amides is 2. The lowest BCUT2D eigenvalue weighted by Gasteiger charge is -2.32. The molecular formula is C27H36FN3O6S. The number of carbonyl (C=O) groups is 2. The van der Waals surface area contributed by atoms with Crippen LogP contribution in [-0.4, -0.2) is 62.7 Å². The van der Waals surface area contributed by atoms with Gasteiger partial charge in [0.15, 0.2) is 11.5 Å². The van der Waals surface area contributed by atoms with Crippen molar-refractivity contribution in [3.05, 3.63) is 53.8 Å². The Bertz CT molecular complexity index is 1260. The zero-order chi connectivity index (χ0) is 28.1. The molecule has 1 heterocycles. The van der Waals surface area contributed by atoms with E-state index in [9.17, 15) is 22.4 Å². The van der Waals surface area contributed by atoms with Crippen molar-refractivity contribution in [3.8, 4) is 11.5 Å². The number of ether oxygens (including phenoxy) is 2. The number of hydrogen-bond donors (Lipinski definition) is 1. The van der Waals surface area contributed by atoms with Crippen LogP contribution in [0.15, 0.2) is 42.5 Å². The Morgan fingerprint density at radius 1 is 1.08 bits per heavy atom. The van der Waals surface area contributed by atoms with Gasteiger partial charge in [0.05, 0.1) is 11.9 Å². The van der Waals surface area contributed by atoms with Gasteiger partial charge >= 0.3 is 0 Å². The molecule has 2 aromatic carbocycles. The predicted molar refractivity (Wildman–Crippen MR) is 143 cm³/mol. The van der Waals surface area contributed by atoms with Crippen molar-refractivity contribution in [3.63, 3.8) is 0 Å². The zero-order valence-electron chi connectivity index (χ0n) is 22.5. The van der Waals surface area contributed by atoms with Gasteiger partial charge in [0.25, 0.3) is 0 Å². The van der Waals surface area contributed by atoms with Crippen LogP contribution < -0.4 is 19.1 Å². The molecule has 3 rings (SSSR count). The number of halogens is 1. The molecule has 0 bridgehead atoms. The van der Waals surface area contributed by atoms with E-state index in [-0.39, 0.29) is 43.3 Å². The third-order valence-electron chi connectivity index (χ3n) is 5.93. The molecule has 1 unspecified atom stereocenters. The number of sulfonamides is 1. The molecule has 0 aromatic heterocycles. The van der Waals surface area contributed by atoms with Crippen LogP contribution in [0.2, 0.25) is 0 Å². The van der Waals surface area contributed by atoms with E-state index in [0.29, 0.717) is 30.4 Å². The van der Waals surface area contributed by atoms with Gasteiger partial charge in [-0.15, -0.1) is 0 Å². The summed E-state index contributed by atoms with van der Waals surface area (Å²) in [6, 6.07) is 10.1. The first-order valence-corrected chi connectivity index (χ1v) is 14.3. The summed E-state index contributed by atoms with van der Waals surface area (Å²) in [7, 11) is -3.67. The molecule has 1 N–H and O–H groups in total. The first kappa shape index (κ1) is 29.2. The third kappa shape index (κ3) is 7.83. The SMILES string of the molecule is CC(C(=O)NC(C)(C)C)N(Cc1ccccc1F)C(=O)CCCN(c1ccc2c(c1)OCCO2)S(C)(=O)=O. The second-order valence-corrected chi connectivity index (χ2v) is 12.2. The average Bonchev–Trinajstić information content (AvgIpc) is 2.83. The van der Waals surface area contributed by atoms with Crippen LogP contribution >= 0.6 is 0 Å². The Balaban J connectivity index is 1.76. The van der Waals surface area contributed by atoms with E-state index in [1.54, 1.807) is 43.3 Å². The summed E-state index contributed by atoms with van der Waals surface area (Å²) < 4.78 is 51.9. The molecule has 38 heavy (non-hydrogen) atoms. The van der Waals surface area contributed by atoms with E-state index >= 15 is 0 Å². The minimum absolute atomic E-state index is 0.0281. The van der Waals surface area contributed by atoms with Crippen molar-refractivity contribution >= 4 is 27.5 Å². The van der Waals surface area contributed by atoms with Crippen LogP contribution in [0.4, 0.5) is 10.1 Å². The lowest BCUT2D eigenvalue weighted by Crippen LogP contribution is -2.52. The molecule has 0 spiro atoms. The average molecular weight is 550 g/mol. The Hall–Kier alpha value is -3.34. The molecule has 1 aliphatic rings. The maximum absolute atomic E-state index is 14.4. The van der Waals surface area contributed by atoms with Crippen LogP contribution in [0.5, 0.6) is 11.5 Å². The lowest BCUT2D eigenvalue weighted by atomic mass is 10.1. The molecule has 1 aliphatic heterocycles. The summed E-state index contributed by atoms with van der Waals surface area (Å²) in [5.41, 5.74) is 0.160. The number of nitrogens with one attached hydrogen (secondary N) is 1. The van der Waals surface area contributed by atoms with Gasteiger partial charge < -0.3 is 19.7 Å². The standard InChI is InChI=1S/C27H36FN3O6S/c1-19(26(33)29-27(2,3)4)30(18-20-9-6-7-10-22(20)28)25(32)11-8-14-31(38(5,34)35)21-12-13-23-24(17-21)37-16-15-36-23/h6-7,9-10,12-13,17,19H,8,11,14-16,18H2,1-5H3,(H,29,33). The minimum Gasteiger partial charge on any atom is -0.486 e. The molecule has 2 aromatic rings. The summed E-state index contributed by atoms with van der Waals surface area (Å²) in [5.74, 6) is -0.240. The molecule has 0 fully saturated rings. The fraction of sp³-hybridized carbons (Fsp3) is 0.481. The van der Waals surface area contributed by atoms with E-state index in [1.165, 1.54) is 15.3 Å². The van der Waals surface area contributed by atoms with Crippen molar-refractivity contribution in [2.24, 2.45) is 0 Å². The predicted octanol–water partition coefficient (Wildman–Crippen LogP) is 3.48. The fourth-order valence-corrected chi connectivity index (χ4v) is 5.02. The van der Waals surface area contributed by atoms with Crippen LogP contribution in [0.1, 0.15) is 46.1 Å². The first-order valence-electron chi connectivity index (χ1n) is 12.5. The number of benzene rings is 2. The van der Waals surface area contributed by atoms with Crippen molar-refractivity contribution in [1.29, 1.82) is 0 Å². The number of rotatable bonds is 10. The van der Waals surface area contributed by atoms with Crippen LogP contribution in [0.3, 0.4) is 0 Å². The van der Waals surface area contributed by atoms with Crippen LogP contribution in [-0.2, 0) is 26.2 Å². The van der Waals surface area contributed by atoms with Gasteiger partial charge in [-0.3, -0.25) is 13.9 Å². The summed E-state index contributed by atoms with van der Waals surface area (Å²) in [6.45, 7) is 7.80. The summed E-state index contributed by atoms with van der Waals surface area (Å²) in [6.07, 6.45) is 1.23. The van der Waals surface area contributed by atoms with Crippen molar-refractivity contribution in [2.45, 2.75) is 58.7 Å². The topological polar surface area (TPSA) is 105 Å². The van der Waals surface area contributed by atoms with Crippen molar-refractivity contribution < 1.29 is 31.9 Å². The Labute approximate surface area is 224 Å². The van der Waals surface area contributed by atoms with E-state index in [2.05, 4.69) is 5.32 Å². The molecule has 0 radical (unpaired) electrons. The van der Waals surface area contributed by atoms with E-state index in [0.717, 1.165) is 6.26 Å². The largest absolute Gasteiger partial charge is 0.486 e. The highest BCUT2D eigenvalue weighted by Crippen LogP contribution is 2.34. The summed E-state index contributed by atoms with van der Waals surface area (Å²) in [4.78, 5) is 27.6. The highest BCUT2D eigenvalue weighted by atomic mass is 32.2. The monoisotopic (exact) mass is 549 g/mol. The van der Waals surface area contributed by atoms with E-state index < -0.39 is 27.4 Å². The van der Waals surface area contributed by atoms with Crippen LogP contribution in [0, 0.1) is 5.82 Å². The molecule has 0 saturated carbocycles. The third-order valence-corrected chi connectivity index (χ3v) is 7.12. The van der Waals surface area contributed by atoms with Gasteiger partial charge in [-0.1, -0.05) is 18.2 Å². The Morgan fingerprint density at radius 3 is 2.37 bits per heavy atom. The molecule has 2 amide bonds. The summed E-state index contributed by atoms with van der Waals surface area (Å²) >= 11 is 0. The minimum atomic E-state index is -3.67. The van der Waals surface area contributed by atoms with Gasteiger partial charge in [0, 0.05) is 36.7 Å². The highest BCUT2D eigenvalue weighted by Gasteiger charge is 2.29. The van der Waals surface area contributed by atoms with Gasteiger partial charge in [-0.2, -0.15) is 0 Å². The molecule has 1 atom stereocenters. The Morgan fingerprint density at radius 2 is 1.74 bits per heavy atom. The molecular weight excluding hydrogens is 513 g/mol. The zero-order valence-corrected chi connectivity index (χ0v) is 23.3. The molecule has 0 saturated heterocycles. The second-order valence-electron chi connectivity index (χ2n) is 10.3. The number of hydrogen-bond acceptors (Lipinski definition) is 6. The van der Waals surface area contributed by atoms with E-state index in [4.69, 9.17) is 9.47 Å². The Kier molecular flexibility index (Phi) is 9.24. The van der Waals surface area contributed by atoms with Gasteiger partial charge in [0.2, 0.25) is 21.8 Å². The fourth-order valence-electron chi connectivity index (χ4n) is 4.06. The number of fused-ring (bicyclic) bond motifs is 1. The van der Waals surface area contributed by atoms with Gasteiger partial charge in [-0.05, 0) is 52.3 Å². The molecule has 208 valence electrons. The van der Waals surface area contributed by atoms with Crippen molar-refractivity contribution in [2.75, 3.05) is 30.3 Å². The van der Waals surface area contributed by atoms with Gasteiger partial charge in [-0.25, -0.2) is 12.8 Å². The number of anilines is 1. The quantitative estimate of drug-likeness (QED) is 0.487. The maximum Gasteiger partial charge on any atom is 0.242 e. The molecule has 11 heteroatoms. The second kappa shape index (κ2) is 12.0. The highest BCUT2D eigenvalue weighted by molar-refractivity contribution is 7.92. The molecule has 0 aliphatic carbocycles. The van der Waals surface area contributed by atoms with E-state index in [1.807, 2.05) is 20.8 Å². The first-order chi connectivity index (χ1) is 17.8. The van der Waals surface area contributed by atoms with Gasteiger partial charge in [0.1, 0.15) is 25.1 Å².